The summed E-state index contributed by atoms with van der Waals surface area (Å²) in [5.74, 6) is 1.22. The molecule has 1 aromatic rings. The van der Waals surface area contributed by atoms with E-state index in [1.54, 1.807) is 14.2 Å². The highest BCUT2D eigenvalue weighted by molar-refractivity contribution is 5.80. The standard InChI is InChI=1S/C14H21N3O3/c1-15-14(16-9-8-13(18)20-3)17-10-11-4-6-12(19-2)7-5-11/h4-7H,8-10H2,1-3H3,(H2,15,16,17). The van der Waals surface area contributed by atoms with E-state index in [2.05, 4.69) is 20.4 Å². The van der Waals surface area contributed by atoms with Gasteiger partial charge in [-0.2, -0.15) is 0 Å². The van der Waals surface area contributed by atoms with Gasteiger partial charge in [0.05, 0.1) is 20.6 Å². The number of carbonyl (C=O) groups excluding carboxylic acids is 1. The Morgan fingerprint density at radius 3 is 2.45 bits per heavy atom. The zero-order chi connectivity index (χ0) is 14.8. The Kier molecular flexibility index (Phi) is 6.95. The average Bonchev–Trinajstić information content (AvgIpc) is 2.50. The zero-order valence-corrected chi connectivity index (χ0v) is 12.1. The predicted octanol–water partition coefficient (Wildman–Crippen LogP) is 0.923. The summed E-state index contributed by atoms with van der Waals surface area (Å²) in [5.41, 5.74) is 1.11. The molecule has 0 aliphatic carbocycles. The molecule has 2 N–H and O–H groups in total. The predicted molar refractivity (Wildman–Crippen MR) is 77.8 cm³/mol. The van der Waals surface area contributed by atoms with Crippen molar-refractivity contribution in [3.8, 4) is 5.75 Å². The lowest BCUT2D eigenvalue weighted by atomic mass is 10.2. The number of guanidine groups is 1. The van der Waals surface area contributed by atoms with Crippen LogP contribution in [0.2, 0.25) is 0 Å². The number of esters is 1. The number of methoxy groups -OCH3 is 2. The van der Waals surface area contributed by atoms with Crippen LogP contribution in [0.3, 0.4) is 0 Å². The van der Waals surface area contributed by atoms with Crippen LogP contribution in [0.1, 0.15) is 12.0 Å². The van der Waals surface area contributed by atoms with Gasteiger partial charge in [-0.05, 0) is 17.7 Å². The van der Waals surface area contributed by atoms with E-state index in [9.17, 15) is 4.79 Å². The van der Waals surface area contributed by atoms with Gasteiger partial charge in [0, 0.05) is 20.1 Å². The maximum Gasteiger partial charge on any atom is 0.307 e. The fourth-order valence-electron chi connectivity index (χ4n) is 1.53. The lowest BCUT2D eigenvalue weighted by Crippen LogP contribution is -2.37. The fourth-order valence-corrected chi connectivity index (χ4v) is 1.53. The molecule has 0 heterocycles. The van der Waals surface area contributed by atoms with E-state index in [0.717, 1.165) is 11.3 Å². The first-order valence-electron chi connectivity index (χ1n) is 6.34. The van der Waals surface area contributed by atoms with E-state index in [4.69, 9.17) is 4.74 Å². The molecule has 1 aromatic carbocycles. The Bertz CT molecular complexity index is 443. The number of nitrogens with zero attached hydrogens (tertiary/aromatic N) is 1. The normalized spacial score (nSPS) is 10.8. The van der Waals surface area contributed by atoms with Gasteiger partial charge in [-0.3, -0.25) is 9.79 Å². The van der Waals surface area contributed by atoms with Gasteiger partial charge in [-0.15, -0.1) is 0 Å². The molecule has 20 heavy (non-hydrogen) atoms. The summed E-state index contributed by atoms with van der Waals surface area (Å²) in [6, 6.07) is 7.77. The van der Waals surface area contributed by atoms with Crippen LogP contribution >= 0.6 is 0 Å². The lowest BCUT2D eigenvalue weighted by molar-refractivity contribution is -0.140. The Morgan fingerprint density at radius 2 is 1.90 bits per heavy atom. The van der Waals surface area contributed by atoms with Gasteiger partial charge < -0.3 is 20.1 Å². The number of hydrogen-bond acceptors (Lipinski definition) is 4. The van der Waals surface area contributed by atoms with Crippen LogP contribution in [0.25, 0.3) is 0 Å². The summed E-state index contributed by atoms with van der Waals surface area (Å²) in [7, 11) is 4.70. The second-order valence-corrected chi connectivity index (χ2v) is 4.03. The third kappa shape index (κ3) is 5.60. The Balaban J connectivity index is 2.35. The summed E-state index contributed by atoms with van der Waals surface area (Å²) in [4.78, 5) is 15.1. The minimum atomic E-state index is -0.247. The average molecular weight is 279 g/mol. The number of rotatable bonds is 6. The van der Waals surface area contributed by atoms with Crippen molar-refractivity contribution in [2.45, 2.75) is 13.0 Å². The molecule has 0 aliphatic rings. The molecule has 0 saturated heterocycles. The Morgan fingerprint density at radius 1 is 1.20 bits per heavy atom. The number of benzene rings is 1. The SMILES string of the molecule is CN=C(NCCC(=O)OC)NCc1ccc(OC)cc1. The number of carbonyl (C=O) groups is 1. The van der Waals surface area contributed by atoms with Crippen molar-refractivity contribution in [2.75, 3.05) is 27.8 Å². The molecular formula is C14H21N3O3. The number of ether oxygens (including phenoxy) is 2. The van der Waals surface area contributed by atoms with Crippen LogP contribution in [-0.2, 0) is 16.1 Å². The molecule has 0 aliphatic heterocycles. The molecule has 110 valence electrons. The minimum absolute atomic E-state index is 0.247. The maximum atomic E-state index is 11.0. The smallest absolute Gasteiger partial charge is 0.307 e. The van der Waals surface area contributed by atoms with Gasteiger partial charge in [0.2, 0.25) is 0 Å². The molecule has 0 amide bonds. The van der Waals surface area contributed by atoms with Gasteiger partial charge in [0.1, 0.15) is 5.75 Å². The number of hydrogen-bond donors (Lipinski definition) is 2. The highest BCUT2D eigenvalue weighted by Crippen LogP contribution is 2.10. The summed E-state index contributed by atoms with van der Waals surface area (Å²) >= 11 is 0. The first-order chi connectivity index (χ1) is 9.69. The van der Waals surface area contributed by atoms with Crippen LogP contribution in [-0.4, -0.2) is 39.7 Å². The molecule has 0 aromatic heterocycles. The van der Waals surface area contributed by atoms with Crippen LogP contribution in [0.5, 0.6) is 5.75 Å². The van der Waals surface area contributed by atoms with Crippen molar-refractivity contribution in [2.24, 2.45) is 4.99 Å². The lowest BCUT2D eigenvalue weighted by Gasteiger charge is -2.11. The topological polar surface area (TPSA) is 72.0 Å². The second-order valence-electron chi connectivity index (χ2n) is 4.03. The Labute approximate surface area is 119 Å². The van der Waals surface area contributed by atoms with E-state index in [1.165, 1.54) is 7.11 Å². The molecule has 6 heteroatoms. The van der Waals surface area contributed by atoms with Crippen LogP contribution in [0.4, 0.5) is 0 Å². The molecule has 0 saturated carbocycles. The van der Waals surface area contributed by atoms with E-state index in [0.29, 0.717) is 25.5 Å². The maximum absolute atomic E-state index is 11.0. The second kappa shape index (κ2) is 8.79. The van der Waals surface area contributed by atoms with Gasteiger partial charge in [-0.1, -0.05) is 12.1 Å². The largest absolute Gasteiger partial charge is 0.497 e. The fraction of sp³-hybridized carbons (Fsp3) is 0.429. The molecule has 0 atom stereocenters. The van der Waals surface area contributed by atoms with Crippen molar-refractivity contribution in [1.82, 2.24) is 10.6 Å². The third-order valence-electron chi connectivity index (χ3n) is 2.69. The Hall–Kier alpha value is -2.24. The van der Waals surface area contributed by atoms with Crippen molar-refractivity contribution in [1.29, 1.82) is 0 Å². The molecule has 0 fully saturated rings. The van der Waals surface area contributed by atoms with Crippen molar-refractivity contribution in [3.63, 3.8) is 0 Å². The van der Waals surface area contributed by atoms with Crippen molar-refractivity contribution in [3.05, 3.63) is 29.8 Å². The zero-order valence-electron chi connectivity index (χ0n) is 12.1. The number of aliphatic imine (C=N–C) groups is 1. The first-order valence-corrected chi connectivity index (χ1v) is 6.34. The molecule has 0 spiro atoms. The van der Waals surface area contributed by atoms with E-state index in [1.807, 2.05) is 24.3 Å². The quantitative estimate of drug-likeness (QED) is 0.460. The molecule has 1 rings (SSSR count). The van der Waals surface area contributed by atoms with Crippen molar-refractivity contribution < 1.29 is 14.3 Å². The molecule has 6 nitrogen and oxygen atoms in total. The minimum Gasteiger partial charge on any atom is -0.497 e. The van der Waals surface area contributed by atoms with Gasteiger partial charge in [-0.25, -0.2) is 0 Å². The molecule has 0 unspecified atom stereocenters. The molecular weight excluding hydrogens is 258 g/mol. The van der Waals surface area contributed by atoms with E-state index >= 15 is 0 Å². The first kappa shape index (κ1) is 15.8. The van der Waals surface area contributed by atoms with Gasteiger partial charge >= 0.3 is 5.97 Å². The summed E-state index contributed by atoms with van der Waals surface area (Å²) in [5, 5.41) is 6.20. The summed E-state index contributed by atoms with van der Waals surface area (Å²) in [6.07, 6.45) is 0.305. The third-order valence-corrected chi connectivity index (χ3v) is 2.69. The van der Waals surface area contributed by atoms with Gasteiger partial charge in [0.15, 0.2) is 5.96 Å². The molecule has 0 radical (unpaired) electrons. The number of nitrogens with one attached hydrogen (secondary N) is 2. The van der Waals surface area contributed by atoms with Crippen LogP contribution in [0.15, 0.2) is 29.3 Å². The van der Waals surface area contributed by atoms with Crippen LogP contribution in [0, 0.1) is 0 Å². The highest BCUT2D eigenvalue weighted by atomic mass is 16.5. The van der Waals surface area contributed by atoms with E-state index < -0.39 is 0 Å². The van der Waals surface area contributed by atoms with Gasteiger partial charge in [0.25, 0.3) is 0 Å². The summed E-state index contributed by atoms with van der Waals surface area (Å²) in [6.45, 7) is 1.12. The van der Waals surface area contributed by atoms with E-state index in [-0.39, 0.29) is 5.97 Å². The highest BCUT2D eigenvalue weighted by Gasteiger charge is 2.02. The van der Waals surface area contributed by atoms with Crippen LogP contribution < -0.4 is 15.4 Å². The summed E-state index contributed by atoms with van der Waals surface area (Å²) < 4.78 is 9.67. The molecule has 0 bridgehead atoms. The monoisotopic (exact) mass is 279 g/mol. The van der Waals surface area contributed by atoms with Crippen molar-refractivity contribution >= 4 is 11.9 Å².